The first-order valence-corrected chi connectivity index (χ1v) is 10.2. The van der Waals surface area contributed by atoms with Crippen LogP contribution in [0.3, 0.4) is 0 Å². The van der Waals surface area contributed by atoms with Gasteiger partial charge in [0.15, 0.2) is 0 Å². The summed E-state index contributed by atoms with van der Waals surface area (Å²) in [5, 5.41) is 13.6. The summed E-state index contributed by atoms with van der Waals surface area (Å²) in [5.41, 5.74) is 3.49. The van der Waals surface area contributed by atoms with Gasteiger partial charge in [-0.15, -0.1) is 0 Å². The lowest BCUT2D eigenvalue weighted by atomic mass is 10.2. The fraction of sp³-hybridized carbons (Fsp3) is 0. The summed E-state index contributed by atoms with van der Waals surface area (Å²) >= 11 is 5.80. The Kier molecular flexibility index (Phi) is 6.16. The molecule has 0 atom stereocenters. The molecule has 0 aliphatic rings. The number of sulfonamides is 1. The normalized spacial score (nSPS) is 11.3. The van der Waals surface area contributed by atoms with E-state index in [2.05, 4.69) is 15.2 Å². The van der Waals surface area contributed by atoms with Gasteiger partial charge in [-0.25, -0.2) is 13.8 Å². The maximum absolute atomic E-state index is 12.6. The number of rotatable bonds is 6. The molecule has 0 saturated heterocycles. The molecule has 1 amide bonds. The number of halogens is 1. The highest BCUT2D eigenvalue weighted by Crippen LogP contribution is 2.19. The Bertz CT molecular complexity index is 1150. The monoisotopic (exact) mass is 429 g/mol. The third-order valence-corrected chi connectivity index (χ3v) is 5.41. The van der Waals surface area contributed by atoms with E-state index >= 15 is 0 Å². The second kappa shape index (κ2) is 8.76. The van der Waals surface area contributed by atoms with Crippen molar-refractivity contribution in [1.82, 2.24) is 5.43 Å². The maximum atomic E-state index is 12.6. The topological polar surface area (TPSA) is 108 Å². The van der Waals surface area contributed by atoms with Gasteiger partial charge in [-0.05, 0) is 72.3 Å². The van der Waals surface area contributed by atoms with Crippen LogP contribution in [0.1, 0.15) is 15.9 Å². The summed E-state index contributed by atoms with van der Waals surface area (Å²) in [6.07, 6.45) is 1.40. The largest absolute Gasteiger partial charge is 0.508 e. The van der Waals surface area contributed by atoms with E-state index in [0.29, 0.717) is 16.3 Å². The summed E-state index contributed by atoms with van der Waals surface area (Å²) in [5.74, 6) is -0.444. The molecule has 0 aliphatic heterocycles. The van der Waals surface area contributed by atoms with Crippen LogP contribution in [-0.2, 0) is 10.0 Å². The predicted octanol–water partition coefficient (Wildman–Crippen LogP) is 3.61. The molecule has 0 unspecified atom stereocenters. The molecule has 0 bridgehead atoms. The number of hydrogen-bond acceptors (Lipinski definition) is 5. The maximum Gasteiger partial charge on any atom is 0.271 e. The van der Waals surface area contributed by atoms with Crippen molar-refractivity contribution < 1.29 is 18.3 Å². The number of hydrogen-bond donors (Lipinski definition) is 3. The number of phenols is 1. The number of phenolic OH excluding ortho intramolecular Hbond substituents is 1. The first-order chi connectivity index (χ1) is 13.8. The molecule has 0 heterocycles. The van der Waals surface area contributed by atoms with Gasteiger partial charge in [0.2, 0.25) is 0 Å². The number of anilines is 1. The van der Waals surface area contributed by atoms with Crippen molar-refractivity contribution >= 4 is 39.4 Å². The van der Waals surface area contributed by atoms with Crippen molar-refractivity contribution in [3.63, 3.8) is 0 Å². The molecule has 0 saturated carbocycles. The minimum atomic E-state index is -3.88. The Morgan fingerprint density at radius 1 is 1.00 bits per heavy atom. The Morgan fingerprint density at radius 3 is 2.38 bits per heavy atom. The molecule has 148 valence electrons. The average Bonchev–Trinajstić information content (AvgIpc) is 2.71. The van der Waals surface area contributed by atoms with E-state index in [4.69, 9.17) is 11.6 Å². The summed E-state index contributed by atoms with van der Waals surface area (Å²) in [7, 11) is -3.88. The highest BCUT2D eigenvalue weighted by Gasteiger charge is 2.16. The van der Waals surface area contributed by atoms with Gasteiger partial charge in [-0.2, -0.15) is 5.10 Å². The zero-order chi connectivity index (χ0) is 20.9. The van der Waals surface area contributed by atoms with Crippen molar-refractivity contribution in [2.45, 2.75) is 4.90 Å². The fourth-order valence-corrected chi connectivity index (χ4v) is 3.56. The van der Waals surface area contributed by atoms with E-state index < -0.39 is 15.9 Å². The smallest absolute Gasteiger partial charge is 0.271 e. The standard InChI is InChI=1S/C20H16ClN3O4S/c21-16-6-8-17(9-7-16)24-29(27,28)19-3-1-2-15(12-19)20(26)23-22-13-14-4-10-18(25)11-5-14/h1-13,24-25H,(H,23,26). The SMILES string of the molecule is O=C(NN=Cc1ccc(O)cc1)c1cccc(S(=O)(=O)Nc2ccc(Cl)cc2)c1. The molecular weight excluding hydrogens is 414 g/mol. The van der Waals surface area contributed by atoms with Gasteiger partial charge in [0.1, 0.15) is 5.75 Å². The molecule has 0 spiro atoms. The lowest BCUT2D eigenvalue weighted by Gasteiger charge is -2.09. The highest BCUT2D eigenvalue weighted by molar-refractivity contribution is 7.92. The van der Waals surface area contributed by atoms with Gasteiger partial charge in [0.05, 0.1) is 11.1 Å². The number of hydrazone groups is 1. The molecule has 7 nitrogen and oxygen atoms in total. The molecule has 3 aromatic rings. The van der Waals surface area contributed by atoms with Gasteiger partial charge in [-0.3, -0.25) is 9.52 Å². The first-order valence-electron chi connectivity index (χ1n) is 8.34. The Hall–Kier alpha value is -3.36. The number of nitrogens with one attached hydrogen (secondary N) is 2. The van der Waals surface area contributed by atoms with E-state index in [-0.39, 0.29) is 16.2 Å². The minimum absolute atomic E-state index is 0.0670. The lowest BCUT2D eigenvalue weighted by Crippen LogP contribution is -2.19. The van der Waals surface area contributed by atoms with Crippen molar-refractivity contribution in [3.8, 4) is 5.75 Å². The Labute approximate surface area is 172 Å². The number of amides is 1. The Morgan fingerprint density at radius 2 is 1.69 bits per heavy atom. The van der Waals surface area contributed by atoms with Gasteiger partial charge in [0.25, 0.3) is 15.9 Å². The van der Waals surface area contributed by atoms with Gasteiger partial charge >= 0.3 is 0 Å². The van der Waals surface area contributed by atoms with Crippen LogP contribution < -0.4 is 10.1 Å². The number of benzene rings is 3. The van der Waals surface area contributed by atoms with E-state index in [0.717, 1.165) is 0 Å². The summed E-state index contributed by atoms with van der Waals surface area (Å²) < 4.78 is 27.6. The van der Waals surface area contributed by atoms with Crippen molar-refractivity contribution in [2.24, 2.45) is 5.10 Å². The quantitative estimate of drug-likeness (QED) is 0.411. The van der Waals surface area contributed by atoms with Crippen molar-refractivity contribution in [3.05, 3.63) is 88.9 Å². The second-order valence-electron chi connectivity index (χ2n) is 5.93. The van der Waals surface area contributed by atoms with Crippen LogP contribution in [0.5, 0.6) is 5.75 Å². The third-order valence-electron chi connectivity index (χ3n) is 3.78. The van der Waals surface area contributed by atoms with Crippen LogP contribution >= 0.6 is 11.6 Å². The van der Waals surface area contributed by atoms with Crippen LogP contribution in [0.15, 0.2) is 82.8 Å². The van der Waals surface area contributed by atoms with Crippen LogP contribution in [-0.4, -0.2) is 25.6 Å². The molecule has 0 radical (unpaired) electrons. The molecule has 0 aromatic heterocycles. The summed E-state index contributed by atoms with van der Waals surface area (Å²) in [4.78, 5) is 12.2. The van der Waals surface area contributed by atoms with Gasteiger partial charge in [0, 0.05) is 16.3 Å². The third kappa shape index (κ3) is 5.56. The zero-order valence-electron chi connectivity index (χ0n) is 14.9. The zero-order valence-corrected chi connectivity index (χ0v) is 16.5. The molecule has 0 fully saturated rings. The molecule has 3 rings (SSSR count). The number of nitrogens with zero attached hydrogens (tertiary/aromatic N) is 1. The molecule has 29 heavy (non-hydrogen) atoms. The molecular formula is C20H16ClN3O4S. The molecule has 3 N–H and O–H groups in total. The molecule has 3 aromatic carbocycles. The fourth-order valence-electron chi connectivity index (χ4n) is 2.33. The van der Waals surface area contributed by atoms with Crippen LogP contribution in [0, 0.1) is 0 Å². The van der Waals surface area contributed by atoms with Crippen LogP contribution in [0.4, 0.5) is 5.69 Å². The van der Waals surface area contributed by atoms with Crippen molar-refractivity contribution in [1.29, 1.82) is 0 Å². The molecule has 9 heteroatoms. The predicted molar refractivity (Wildman–Crippen MR) is 112 cm³/mol. The van der Waals surface area contributed by atoms with E-state index in [9.17, 15) is 18.3 Å². The van der Waals surface area contributed by atoms with Crippen molar-refractivity contribution in [2.75, 3.05) is 4.72 Å². The van der Waals surface area contributed by atoms with Gasteiger partial charge in [-0.1, -0.05) is 17.7 Å². The lowest BCUT2D eigenvalue weighted by molar-refractivity contribution is 0.0955. The summed E-state index contributed by atoms with van der Waals surface area (Å²) in [6.45, 7) is 0. The van der Waals surface area contributed by atoms with Crippen LogP contribution in [0.2, 0.25) is 5.02 Å². The second-order valence-corrected chi connectivity index (χ2v) is 8.05. The number of carbonyl (C=O) groups excluding carboxylic acids is 1. The highest BCUT2D eigenvalue weighted by atomic mass is 35.5. The first kappa shape index (κ1) is 20.4. The number of carbonyl (C=O) groups is 1. The van der Waals surface area contributed by atoms with E-state index in [1.54, 1.807) is 24.3 Å². The molecule has 0 aliphatic carbocycles. The van der Waals surface area contributed by atoms with Crippen LogP contribution in [0.25, 0.3) is 0 Å². The average molecular weight is 430 g/mol. The Balaban J connectivity index is 1.71. The van der Waals surface area contributed by atoms with E-state index in [1.807, 2.05) is 0 Å². The summed E-state index contributed by atoms with van der Waals surface area (Å²) in [6, 6.07) is 18.0. The minimum Gasteiger partial charge on any atom is -0.508 e. The number of aromatic hydroxyl groups is 1. The van der Waals surface area contributed by atoms with E-state index in [1.165, 1.54) is 54.7 Å². The van der Waals surface area contributed by atoms with Gasteiger partial charge < -0.3 is 5.11 Å².